The molecule has 0 aliphatic heterocycles. The Hall–Kier alpha value is -2.92. The van der Waals surface area contributed by atoms with Crippen LogP contribution in [0.1, 0.15) is 22.8 Å². The molecule has 0 heterocycles. The Morgan fingerprint density at radius 3 is 2.03 bits per heavy atom. The first-order valence-electron chi connectivity index (χ1n) is 8.06. The first-order valence-corrected chi connectivity index (χ1v) is 8.06. The molecule has 0 aliphatic rings. The second kappa shape index (κ2) is 9.26. The van der Waals surface area contributed by atoms with Crippen LogP contribution in [0.5, 0.6) is 0 Å². The summed E-state index contributed by atoms with van der Waals surface area (Å²) >= 11 is 0. The van der Waals surface area contributed by atoms with Crippen LogP contribution in [0.25, 0.3) is 0 Å². The van der Waals surface area contributed by atoms with E-state index in [9.17, 15) is 40.3 Å². The lowest BCUT2D eigenvalue weighted by Gasteiger charge is -2.29. The first-order chi connectivity index (χ1) is 13.7. The maximum absolute atomic E-state index is 14.0. The van der Waals surface area contributed by atoms with Gasteiger partial charge in [-0.25, -0.2) is 9.59 Å². The SMILES string of the molecule is C=C(C)C(=O)OCCOC(=O)c1cccc(C(=NC)C(F)(F)C(F)(F)C(F)(F)F)c1. The number of benzene rings is 1. The molecule has 0 fully saturated rings. The van der Waals surface area contributed by atoms with Crippen molar-refractivity contribution < 1.29 is 49.8 Å². The van der Waals surface area contributed by atoms with Crippen LogP contribution in [0.3, 0.4) is 0 Å². The molecule has 0 N–H and O–H groups in total. The molecule has 5 nitrogen and oxygen atoms in total. The smallest absolute Gasteiger partial charge is 0.459 e. The van der Waals surface area contributed by atoms with Gasteiger partial charge in [0.2, 0.25) is 0 Å². The number of ether oxygens (including phenoxy) is 2. The van der Waals surface area contributed by atoms with Crippen LogP contribution in [-0.2, 0) is 14.3 Å². The number of esters is 2. The zero-order valence-electron chi connectivity index (χ0n) is 15.7. The molecule has 30 heavy (non-hydrogen) atoms. The molecule has 0 atom stereocenters. The van der Waals surface area contributed by atoms with Crippen molar-refractivity contribution in [3.05, 3.63) is 47.5 Å². The van der Waals surface area contributed by atoms with Crippen LogP contribution in [0.4, 0.5) is 30.7 Å². The summed E-state index contributed by atoms with van der Waals surface area (Å²) in [7, 11) is 0.608. The molecule has 1 aromatic carbocycles. The van der Waals surface area contributed by atoms with Crippen molar-refractivity contribution in [3.8, 4) is 0 Å². The van der Waals surface area contributed by atoms with Crippen molar-refractivity contribution in [2.75, 3.05) is 20.3 Å². The molecule has 0 saturated carbocycles. The fraction of sp³-hybridized carbons (Fsp3) is 0.389. The van der Waals surface area contributed by atoms with Crippen LogP contribution < -0.4 is 0 Å². The molecule has 0 saturated heterocycles. The fourth-order valence-electron chi connectivity index (χ4n) is 2.05. The van der Waals surface area contributed by atoms with Gasteiger partial charge in [0, 0.05) is 18.2 Å². The minimum absolute atomic E-state index is 0.0944. The molecular weight excluding hydrogens is 427 g/mol. The van der Waals surface area contributed by atoms with Gasteiger partial charge in [-0.15, -0.1) is 0 Å². The van der Waals surface area contributed by atoms with E-state index in [1.165, 1.54) is 6.92 Å². The standard InChI is InChI=1S/C18H16F7NO4/c1-10(2)14(27)29-7-8-30-15(28)12-6-4-5-11(9-12)13(26-3)16(19,20)17(21,22)18(23,24)25/h4-6,9H,1,7-8H2,2-3H3. The van der Waals surface area contributed by atoms with Gasteiger partial charge in [0.15, 0.2) is 0 Å². The highest BCUT2D eigenvalue weighted by Crippen LogP contribution is 2.48. The lowest BCUT2D eigenvalue weighted by atomic mass is 9.97. The first kappa shape index (κ1) is 25.1. The number of nitrogens with zero attached hydrogens (tertiary/aromatic N) is 1. The largest absolute Gasteiger partial charge is 0.460 e. The van der Waals surface area contributed by atoms with Gasteiger partial charge in [0.1, 0.15) is 18.9 Å². The molecule has 0 bridgehead atoms. The summed E-state index contributed by atoms with van der Waals surface area (Å²) in [6.45, 7) is 3.92. The molecule has 0 aromatic heterocycles. The van der Waals surface area contributed by atoms with Crippen molar-refractivity contribution in [1.29, 1.82) is 0 Å². The zero-order valence-corrected chi connectivity index (χ0v) is 15.7. The van der Waals surface area contributed by atoms with E-state index >= 15 is 0 Å². The predicted octanol–water partition coefficient (Wildman–Crippen LogP) is 4.21. The van der Waals surface area contributed by atoms with E-state index in [0.29, 0.717) is 13.1 Å². The zero-order chi connectivity index (χ0) is 23.3. The van der Waals surface area contributed by atoms with Gasteiger partial charge in [-0.2, -0.15) is 30.7 Å². The van der Waals surface area contributed by atoms with Gasteiger partial charge < -0.3 is 9.47 Å². The van der Waals surface area contributed by atoms with Gasteiger partial charge in [-0.1, -0.05) is 18.7 Å². The van der Waals surface area contributed by atoms with Crippen LogP contribution in [0, 0.1) is 0 Å². The highest BCUT2D eigenvalue weighted by Gasteiger charge is 2.74. The maximum Gasteiger partial charge on any atom is 0.460 e. The molecule has 1 aromatic rings. The van der Waals surface area contributed by atoms with Crippen LogP contribution in [-0.4, -0.2) is 55.9 Å². The summed E-state index contributed by atoms with van der Waals surface area (Å²) in [5, 5.41) is 0. The molecule has 0 spiro atoms. The second-order valence-electron chi connectivity index (χ2n) is 5.85. The molecule has 12 heteroatoms. The number of rotatable bonds is 8. The predicted molar refractivity (Wildman–Crippen MR) is 90.9 cm³/mol. The van der Waals surface area contributed by atoms with E-state index in [1.807, 2.05) is 0 Å². The average Bonchev–Trinajstić information content (AvgIpc) is 2.64. The number of halogens is 7. The Bertz CT molecular complexity index is 847. The number of hydrogen-bond acceptors (Lipinski definition) is 5. The number of carbonyl (C=O) groups is 2. The monoisotopic (exact) mass is 443 g/mol. The molecule has 1 rings (SSSR count). The van der Waals surface area contributed by atoms with Gasteiger partial charge in [-0.3, -0.25) is 4.99 Å². The summed E-state index contributed by atoms with van der Waals surface area (Å²) < 4.78 is 101. The lowest BCUT2D eigenvalue weighted by Crippen LogP contribution is -2.56. The number of hydrogen-bond donors (Lipinski definition) is 0. The van der Waals surface area contributed by atoms with Crippen molar-refractivity contribution >= 4 is 17.7 Å². The summed E-state index contributed by atoms with van der Waals surface area (Å²) in [6, 6.07) is 3.44. The molecular formula is C18H16F7NO4. The van der Waals surface area contributed by atoms with E-state index in [-0.39, 0.29) is 12.2 Å². The van der Waals surface area contributed by atoms with Crippen LogP contribution >= 0.6 is 0 Å². The summed E-state index contributed by atoms with van der Waals surface area (Å²) in [6.07, 6.45) is -6.54. The normalized spacial score (nSPS) is 13.0. The van der Waals surface area contributed by atoms with E-state index in [1.54, 1.807) is 0 Å². The number of aliphatic imine (C=N–C) groups is 1. The highest BCUT2D eigenvalue weighted by atomic mass is 19.4. The van der Waals surface area contributed by atoms with Gasteiger partial charge in [0.25, 0.3) is 0 Å². The van der Waals surface area contributed by atoms with E-state index < -0.39 is 53.4 Å². The van der Waals surface area contributed by atoms with Gasteiger partial charge in [0.05, 0.1) is 5.56 Å². The van der Waals surface area contributed by atoms with Crippen molar-refractivity contribution in [2.24, 2.45) is 4.99 Å². The minimum atomic E-state index is -6.54. The third kappa shape index (κ3) is 5.36. The molecule has 166 valence electrons. The lowest BCUT2D eigenvalue weighted by molar-refractivity contribution is -0.336. The molecule has 0 unspecified atom stereocenters. The summed E-state index contributed by atoms with van der Waals surface area (Å²) in [5.41, 5.74) is -3.03. The number of alkyl halides is 7. The Morgan fingerprint density at radius 1 is 1.00 bits per heavy atom. The average molecular weight is 443 g/mol. The Labute approximate surface area is 166 Å². The summed E-state index contributed by atoms with van der Waals surface area (Å²) in [4.78, 5) is 26.0. The van der Waals surface area contributed by atoms with Crippen molar-refractivity contribution in [1.82, 2.24) is 0 Å². The van der Waals surface area contributed by atoms with Gasteiger partial charge >= 0.3 is 30.0 Å². The Kier molecular flexibility index (Phi) is 7.76. The Morgan fingerprint density at radius 2 is 1.53 bits per heavy atom. The van der Waals surface area contributed by atoms with Crippen LogP contribution in [0.15, 0.2) is 41.4 Å². The summed E-state index contributed by atoms with van der Waals surface area (Å²) in [5.74, 6) is -14.0. The topological polar surface area (TPSA) is 65.0 Å². The van der Waals surface area contributed by atoms with Gasteiger partial charge in [-0.05, 0) is 19.1 Å². The second-order valence-corrected chi connectivity index (χ2v) is 5.85. The van der Waals surface area contributed by atoms with Crippen molar-refractivity contribution in [2.45, 2.75) is 24.9 Å². The third-order valence-corrected chi connectivity index (χ3v) is 3.54. The quantitative estimate of drug-likeness (QED) is 0.199. The third-order valence-electron chi connectivity index (χ3n) is 3.54. The minimum Gasteiger partial charge on any atom is -0.459 e. The molecule has 0 amide bonds. The highest BCUT2D eigenvalue weighted by molar-refractivity contribution is 6.07. The maximum atomic E-state index is 14.0. The Balaban J connectivity index is 3.03. The molecule has 0 aliphatic carbocycles. The van der Waals surface area contributed by atoms with Crippen LogP contribution in [0.2, 0.25) is 0 Å². The van der Waals surface area contributed by atoms with E-state index in [0.717, 1.165) is 18.2 Å². The molecule has 0 radical (unpaired) electrons. The number of carbonyl (C=O) groups excluding carboxylic acids is 2. The van der Waals surface area contributed by atoms with Crippen molar-refractivity contribution in [3.63, 3.8) is 0 Å². The fourth-order valence-corrected chi connectivity index (χ4v) is 2.05. The van der Waals surface area contributed by atoms with E-state index in [2.05, 4.69) is 16.3 Å². The van der Waals surface area contributed by atoms with E-state index in [4.69, 9.17) is 4.74 Å².